The highest BCUT2D eigenvalue weighted by molar-refractivity contribution is 5.95. The highest BCUT2D eigenvalue weighted by atomic mass is 16.5. The van der Waals surface area contributed by atoms with E-state index in [1.807, 2.05) is 19.1 Å². The molecule has 0 aliphatic heterocycles. The van der Waals surface area contributed by atoms with Crippen LogP contribution >= 0.6 is 0 Å². The second kappa shape index (κ2) is 10.2. The molecule has 0 spiro atoms. The van der Waals surface area contributed by atoms with E-state index in [9.17, 15) is 9.59 Å². The normalized spacial score (nSPS) is 10.3. The molecule has 26 heavy (non-hydrogen) atoms. The number of hydrogen-bond acceptors (Lipinski definition) is 4. The third-order valence-electron chi connectivity index (χ3n) is 3.78. The number of ether oxygens (including phenoxy) is 1. The molecule has 138 valence electrons. The van der Waals surface area contributed by atoms with Gasteiger partial charge in [-0.1, -0.05) is 18.2 Å². The lowest BCUT2D eigenvalue weighted by atomic mass is 10.1. The van der Waals surface area contributed by atoms with E-state index in [4.69, 9.17) is 9.84 Å². The van der Waals surface area contributed by atoms with Crippen molar-refractivity contribution in [3.05, 3.63) is 65.2 Å². The molecule has 6 nitrogen and oxygen atoms in total. The van der Waals surface area contributed by atoms with Gasteiger partial charge < -0.3 is 20.5 Å². The van der Waals surface area contributed by atoms with E-state index in [1.54, 1.807) is 36.4 Å². The molecule has 0 aliphatic carbocycles. The molecule has 0 bridgehead atoms. The molecule has 2 aromatic rings. The van der Waals surface area contributed by atoms with Gasteiger partial charge in [-0.2, -0.15) is 0 Å². The van der Waals surface area contributed by atoms with E-state index in [0.717, 1.165) is 17.7 Å². The molecule has 0 radical (unpaired) electrons. The van der Waals surface area contributed by atoms with Gasteiger partial charge in [-0.05, 0) is 49.2 Å². The smallest absolute Gasteiger partial charge is 0.335 e. The monoisotopic (exact) mass is 356 g/mol. The number of carbonyl (C=O) groups is 2. The molecule has 0 saturated heterocycles. The maximum absolute atomic E-state index is 12.2. The lowest BCUT2D eigenvalue weighted by Crippen LogP contribution is -2.25. The van der Waals surface area contributed by atoms with Gasteiger partial charge in [0, 0.05) is 37.6 Å². The molecule has 0 unspecified atom stereocenters. The number of aromatic carboxylic acids is 1. The molecule has 2 aromatic carbocycles. The van der Waals surface area contributed by atoms with Crippen molar-refractivity contribution in [2.75, 3.05) is 25.1 Å². The Morgan fingerprint density at radius 2 is 1.85 bits per heavy atom. The number of carboxylic acids is 1. The number of rotatable bonds is 10. The molecule has 0 fully saturated rings. The first-order valence-corrected chi connectivity index (χ1v) is 8.62. The summed E-state index contributed by atoms with van der Waals surface area (Å²) in [4.78, 5) is 23.0. The summed E-state index contributed by atoms with van der Waals surface area (Å²) in [6.45, 7) is 4.38. The second-order valence-electron chi connectivity index (χ2n) is 5.74. The third kappa shape index (κ3) is 6.22. The molecule has 1 amide bonds. The van der Waals surface area contributed by atoms with Crippen LogP contribution in [0.15, 0.2) is 48.5 Å². The van der Waals surface area contributed by atoms with Crippen LogP contribution < -0.4 is 10.6 Å². The van der Waals surface area contributed by atoms with Crippen LogP contribution in [0.4, 0.5) is 5.69 Å². The second-order valence-corrected chi connectivity index (χ2v) is 5.74. The molecule has 0 saturated carbocycles. The van der Waals surface area contributed by atoms with Crippen LogP contribution in [0.5, 0.6) is 0 Å². The summed E-state index contributed by atoms with van der Waals surface area (Å²) < 4.78 is 5.24. The zero-order chi connectivity index (χ0) is 18.8. The van der Waals surface area contributed by atoms with Crippen LogP contribution in [-0.2, 0) is 11.3 Å². The van der Waals surface area contributed by atoms with E-state index in [-0.39, 0.29) is 11.5 Å². The van der Waals surface area contributed by atoms with Crippen molar-refractivity contribution >= 4 is 17.6 Å². The molecule has 2 rings (SSSR count). The average Bonchev–Trinajstić information content (AvgIpc) is 2.66. The van der Waals surface area contributed by atoms with Gasteiger partial charge in [-0.3, -0.25) is 4.79 Å². The number of nitrogens with one attached hydrogen (secondary N) is 2. The molecule has 0 aromatic heterocycles. The predicted octanol–water partition coefficient (Wildman–Crippen LogP) is 3.15. The highest BCUT2D eigenvalue weighted by Crippen LogP contribution is 2.13. The molecule has 0 heterocycles. The maximum Gasteiger partial charge on any atom is 0.335 e. The average molecular weight is 356 g/mol. The summed E-state index contributed by atoms with van der Waals surface area (Å²) in [5.74, 6) is -1.06. The SMILES string of the molecule is CCOCCCNC(=O)c1cccc(NCc2ccc(C(=O)O)cc2)c1. The van der Waals surface area contributed by atoms with Crippen LogP contribution in [0, 0.1) is 0 Å². The van der Waals surface area contributed by atoms with Crippen molar-refractivity contribution in [3.63, 3.8) is 0 Å². The Hall–Kier alpha value is -2.86. The first-order chi connectivity index (χ1) is 12.6. The summed E-state index contributed by atoms with van der Waals surface area (Å²) in [5.41, 5.74) is 2.64. The van der Waals surface area contributed by atoms with E-state index in [0.29, 0.717) is 31.9 Å². The summed E-state index contributed by atoms with van der Waals surface area (Å²) in [6.07, 6.45) is 0.782. The zero-order valence-corrected chi connectivity index (χ0v) is 14.8. The Morgan fingerprint density at radius 3 is 2.54 bits per heavy atom. The van der Waals surface area contributed by atoms with E-state index in [2.05, 4.69) is 10.6 Å². The first-order valence-electron chi connectivity index (χ1n) is 8.62. The molecular formula is C20H24N2O4. The number of benzene rings is 2. The zero-order valence-electron chi connectivity index (χ0n) is 14.8. The van der Waals surface area contributed by atoms with E-state index < -0.39 is 5.97 Å². The van der Waals surface area contributed by atoms with Gasteiger partial charge in [0.1, 0.15) is 0 Å². The van der Waals surface area contributed by atoms with Crippen molar-refractivity contribution in [1.29, 1.82) is 0 Å². The number of hydrogen-bond donors (Lipinski definition) is 3. The summed E-state index contributed by atoms with van der Waals surface area (Å²) >= 11 is 0. The van der Waals surface area contributed by atoms with Gasteiger partial charge in [0.25, 0.3) is 5.91 Å². The van der Waals surface area contributed by atoms with Gasteiger partial charge >= 0.3 is 5.97 Å². The largest absolute Gasteiger partial charge is 0.478 e. The maximum atomic E-state index is 12.2. The van der Waals surface area contributed by atoms with Crippen molar-refractivity contribution in [2.24, 2.45) is 0 Å². The van der Waals surface area contributed by atoms with Crippen molar-refractivity contribution in [1.82, 2.24) is 5.32 Å². The fourth-order valence-electron chi connectivity index (χ4n) is 2.36. The van der Waals surface area contributed by atoms with E-state index in [1.165, 1.54) is 0 Å². The predicted molar refractivity (Wildman–Crippen MR) is 101 cm³/mol. The summed E-state index contributed by atoms with van der Waals surface area (Å²) in [5, 5.41) is 15.0. The Balaban J connectivity index is 1.86. The lowest BCUT2D eigenvalue weighted by molar-refractivity contribution is 0.0696. The summed E-state index contributed by atoms with van der Waals surface area (Å²) in [6, 6.07) is 14.0. The molecule has 6 heteroatoms. The summed E-state index contributed by atoms with van der Waals surface area (Å²) in [7, 11) is 0. The number of carboxylic acid groups (broad SMARTS) is 1. The van der Waals surface area contributed by atoms with Gasteiger partial charge in [-0.15, -0.1) is 0 Å². The minimum Gasteiger partial charge on any atom is -0.478 e. The van der Waals surface area contributed by atoms with E-state index >= 15 is 0 Å². The third-order valence-corrected chi connectivity index (χ3v) is 3.78. The topological polar surface area (TPSA) is 87.7 Å². The minimum atomic E-state index is -0.940. The minimum absolute atomic E-state index is 0.115. The quantitative estimate of drug-likeness (QED) is 0.569. The molecule has 3 N–H and O–H groups in total. The number of carbonyl (C=O) groups excluding carboxylic acids is 1. The van der Waals surface area contributed by atoms with Crippen LogP contribution in [0.25, 0.3) is 0 Å². The van der Waals surface area contributed by atoms with Crippen molar-refractivity contribution < 1.29 is 19.4 Å². The Kier molecular flexibility index (Phi) is 7.64. The van der Waals surface area contributed by atoms with Crippen molar-refractivity contribution in [3.8, 4) is 0 Å². The van der Waals surface area contributed by atoms with Crippen LogP contribution in [0.2, 0.25) is 0 Å². The highest BCUT2D eigenvalue weighted by Gasteiger charge is 2.06. The Bertz CT molecular complexity index is 729. The number of amides is 1. The van der Waals surface area contributed by atoms with Gasteiger partial charge in [-0.25, -0.2) is 4.79 Å². The fourth-order valence-corrected chi connectivity index (χ4v) is 2.36. The van der Waals surface area contributed by atoms with Crippen LogP contribution in [-0.4, -0.2) is 36.7 Å². The van der Waals surface area contributed by atoms with Gasteiger partial charge in [0.2, 0.25) is 0 Å². The lowest BCUT2D eigenvalue weighted by Gasteiger charge is -2.09. The molecular weight excluding hydrogens is 332 g/mol. The van der Waals surface area contributed by atoms with Crippen LogP contribution in [0.3, 0.4) is 0 Å². The van der Waals surface area contributed by atoms with Gasteiger partial charge in [0.05, 0.1) is 5.56 Å². The molecule has 0 atom stereocenters. The molecule has 0 aliphatic rings. The fraction of sp³-hybridized carbons (Fsp3) is 0.300. The van der Waals surface area contributed by atoms with Crippen LogP contribution in [0.1, 0.15) is 39.6 Å². The standard InChI is InChI=1S/C20H24N2O4/c1-2-26-12-4-11-21-19(23)17-5-3-6-18(13-17)22-14-15-7-9-16(10-8-15)20(24)25/h3,5-10,13,22H,2,4,11-12,14H2,1H3,(H,21,23)(H,24,25). The Labute approximate surface area is 153 Å². The van der Waals surface area contributed by atoms with Gasteiger partial charge in [0.15, 0.2) is 0 Å². The Morgan fingerprint density at radius 1 is 1.08 bits per heavy atom. The number of anilines is 1. The van der Waals surface area contributed by atoms with Crippen molar-refractivity contribution in [2.45, 2.75) is 19.9 Å². The first kappa shape index (κ1) is 19.5.